The van der Waals surface area contributed by atoms with Gasteiger partial charge >= 0.3 is 11.9 Å². The highest BCUT2D eigenvalue weighted by molar-refractivity contribution is 7.94. The summed E-state index contributed by atoms with van der Waals surface area (Å²) in [4.78, 5) is 39.2. The van der Waals surface area contributed by atoms with Gasteiger partial charge < -0.3 is 28.4 Å². The Hall–Kier alpha value is -4.07. The number of sulfone groups is 1. The maximum absolute atomic E-state index is 14.2. The maximum Gasteiger partial charge on any atom is 0.326 e. The zero-order chi connectivity index (χ0) is 29.6. The Morgan fingerprint density at radius 2 is 1.10 bits per heavy atom. The summed E-state index contributed by atoms with van der Waals surface area (Å²) in [7, 11) is 0.837. The van der Waals surface area contributed by atoms with Gasteiger partial charge in [-0.25, -0.2) is 13.4 Å². The molecule has 3 rings (SSSR count). The molecule has 1 aliphatic rings. The molecule has 0 saturated carbocycles. The molecule has 1 aliphatic heterocycles. The zero-order valence-electron chi connectivity index (χ0n) is 23.0. The van der Waals surface area contributed by atoms with Crippen LogP contribution in [-0.4, -0.2) is 77.5 Å². The van der Waals surface area contributed by atoms with Crippen LogP contribution in [-0.2, 0) is 28.9 Å². The molecule has 40 heavy (non-hydrogen) atoms. The zero-order valence-corrected chi connectivity index (χ0v) is 23.8. The first kappa shape index (κ1) is 30.5. The third-order valence-corrected chi connectivity index (χ3v) is 8.80. The van der Waals surface area contributed by atoms with Gasteiger partial charge in [-0.15, -0.1) is 4.91 Å². The van der Waals surface area contributed by atoms with Gasteiger partial charge in [-0.1, -0.05) is 12.1 Å². The second-order valence-electron chi connectivity index (χ2n) is 8.51. The first-order valence-corrected chi connectivity index (χ1v) is 13.9. The van der Waals surface area contributed by atoms with Gasteiger partial charge in [-0.05, 0) is 49.2 Å². The van der Waals surface area contributed by atoms with E-state index in [0.29, 0.717) is 11.5 Å². The van der Waals surface area contributed by atoms with Crippen molar-refractivity contribution in [2.45, 2.75) is 36.4 Å². The van der Waals surface area contributed by atoms with Crippen molar-refractivity contribution in [3.63, 3.8) is 0 Å². The van der Waals surface area contributed by atoms with E-state index in [0.717, 1.165) is 5.01 Å². The fourth-order valence-electron chi connectivity index (χ4n) is 4.77. The number of benzene rings is 2. The van der Waals surface area contributed by atoms with Gasteiger partial charge in [-0.2, -0.15) is 0 Å². The Morgan fingerprint density at radius 1 is 0.725 bits per heavy atom. The molecule has 2 aromatic carbocycles. The molecule has 13 nitrogen and oxygen atoms in total. The van der Waals surface area contributed by atoms with Crippen LogP contribution in [0.15, 0.2) is 41.7 Å². The molecule has 2 aromatic rings. The Bertz CT molecular complexity index is 1260. The highest BCUT2D eigenvalue weighted by Gasteiger charge is 2.61. The minimum absolute atomic E-state index is 0.152. The van der Waals surface area contributed by atoms with Crippen LogP contribution in [0, 0.1) is 4.91 Å². The van der Waals surface area contributed by atoms with Gasteiger partial charge in [0, 0.05) is 0 Å². The van der Waals surface area contributed by atoms with Crippen LogP contribution in [0.5, 0.6) is 23.0 Å². The summed E-state index contributed by atoms with van der Waals surface area (Å²) in [6, 6.07) is 5.75. The van der Waals surface area contributed by atoms with Crippen LogP contribution in [0.25, 0.3) is 0 Å². The number of methoxy groups -OCH3 is 4. The molecule has 0 aliphatic carbocycles. The van der Waals surface area contributed by atoms with Gasteiger partial charge in [0.15, 0.2) is 43.3 Å². The van der Waals surface area contributed by atoms with E-state index in [4.69, 9.17) is 28.4 Å². The van der Waals surface area contributed by atoms with Crippen LogP contribution in [0.1, 0.15) is 37.1 Å². The first-order chi connectivity index (χ1) is 19.1. The predicted molar refractivity (Wildman–Crippen MR) is 142 cm³/mol. The van der Waals surface area contributed by atoms with Crippen molar-refractivity contribution in [2.24, 2.45) is 5.29 Å². The number of ether oxygens (including phenoxy) is 6. The lowest BCUT2D eigenvalue weighted by Crippen LogP contribution is -2.59. The third-order valence-electron chi connectivity index (χ3n) is 6.48. The topological polar surface area (TPSA) is 156 Å². The lowest BCUT2D eigenvalue weighted by Gasteiger charge is -2.44. The van der Waals surface area contributed by atoms with Crippen LogP contribution in [0.3, 0.4) is 0 Å². The first-order valence-electron chi connectivity index (χ1n) is 12.3. The molecular weight excluding hydrogens is 548 g/mol. The summed E-state index contributed by atoms with van der Waals surface area (Å²) in [5, 5.41) is -0.00143. The van der Waals surface area contributed by atoms with E-state index in [1.165, 1.54) is 78.7 Å². The summed E-state index contributed by atoms with van der Waals surface area (Å²) in [5.41, 5.74) is 0.346. The lowest BCUT2D eigenvalue weighted by molar-refractivity contribution is -0.147. The molecule has 0 radical (unpaired) electrons. The molecule has 4 unspecified atom stereocenters. The van der Waals surface area contributed by atoms with Gasteiger partial charge in [0.2, 0.25) is 0 Å². The molecule has 218 valence electrons. The molecule has 14 heteroatoms. The molecule has 1 fully saturated rings. The van der Waals surface area contributed by atoms with Crippen molar-refractivity contribution in [3.8, 4) is 23.0 Å². The Kier molecular flexibility index (Phi) is 9.79. The van der Waals surface area contributed by atoms with Gasteiger partial charge in [0.25, 0.3) is 0 Å². The van der Waals surface area contributed by atoms with Crippen molar-refractivity contribution in [2.75, 3.05) is 41.7 Å². The maximum atomic E-state index is 14.2. The molecule has 1 saturated heterocycles. The summed E-state index contributed by atoms with van der Waals surface area (Å²) < 4.78 is 60.0. The van der Waals surface area contributed by atoms with Crippen LogP contribution in [0.4, 0.5) is 0 Å². The smallest absolute Gasteiger partial charge is 0.326 e. The van der Waals surface area contributed by atoms with E-state index in [1.54, 1.807) is 0 Å². The van der Waals surface area contributed by atoms with E-state index < -0.39 is 44.4 Å². The van der Waals surface area contributed by atoms with Gasteiger partial charge in [-0.3, -0.25) is 9.59 Å². The molecule has 0 aromatic heterocycles. The predicted octanol–water partition coefficient (Wildman–Crippen LogP) is 2.78. The Morgan fingerprint density at radius 3 is 1.40 bits per heavy atom. The number of hydrogen-bond acceptors (Lipinski definition) is 12. The molecule has 1 heterocycles. The Labute approximate surface area is 232 Å². The minimum Gasteiger partial charge on any atom is -0.493 e. The number of rotatable bonds is 11. The lowest BCUT2D eigenvalue weighted by atomic mass is 9.95. The average Bonchev–Trinajstić information content (AvgIpc) is 2.95. The molecule has 0 N–H and O–H groups in total. The monoisotopic (exact) mass is 580 g/mol. The van der Waals surface area contributed by atoms with E-state index in [9.17, 15) is 22.9 Å². The second kappa shape index (κ2) is 12.9. The van der Waals surface area contributed by atoms with Gasteiger partial charge in [0.1, 0.15) is 12.1 Å². The quantitative estimate of drug-likeness (QED) is 0.283. The summed E-state index contributed by atoms with van der Waals surface area (Å²) in [6.07, 6.45) is 0. The number of esters is 2. The third kappa shape index (κ3) is 5.48. The number of nitrogens with zero attached hydrogens (tertiary/aromatic N) is 2. The van der Waals surface area contributed by atoms with Crippen molar-refractivity contribution < 1.29 is 46.4 Å². The minimum atomic E-state index is -4.75. The van der Waals surface area contributed by atoms with E-state index >= 15 is 0 Å². The van der Waals surface area contributed by atoms with Crippen LogP contribution < -0.4 is 18.9 Å². The molecule has 4 atom stereocenters. The van der Waals surface area contributed by atoms with Gasteiger partial charge in [0.05, 0.1) is 46.9 Å². The van der Waals surface area contributed by atoms with Crippen LogP contribution >= 0.6 is 0 Å². The number of carbonyl (C=O) groups excluding carboxylic acids is 2. The summed E-state index contributed by atoms with van der Waals surface area (Å²) in [5.74, 6) is -1.25. The largest absolute Gasteiger partial charge is 0.493 e. The highest BCUT2D eigenvalue weighted by Crippen LogP contribution is 2.48. The van der Waals surface area contributed by atoms with Crippen LogP contribution in [0.2, 0.25) is 0 Å². The number of hydrogen-bond donors (Lipinski definition) is 0. The van der Waals surface area contributed by atoms with Crippen molar-refractivity contribution in [1.82, 2.24) is 5.01 Å². The van der Waals surface area contributed by atoms with Crippen molar-refractivity contribution in [3.05, 3.63) is 52.4 Å². The molecule has 0 amide bonds. The van der Waals surface area contributed by atoms with Crippen molar-refractivity contribution in [1.29, 1.82) is 0 Å². The van der Waals surface area contributed by atoms with E-state index in [1.807, 2.05) is 0 Å². The number of nitroso groups, excluding NO2 is 1. The van der Waals surface area contributed by atoms with Crippen molar-refractivity contribution >= 4 is 21.8 Å². The second-order valence-corrected chi connectivity index (χ2v) is 10.7. The highest BCUT2D eigenvalue weighted by atomic mass is 32.2. The standard InChI is InChI=1S/C26H32N2O11S/c1-7-38-25(29)23-21(15-9-11-17(34-3)19(13-15)36-5)28(27-31)22(24(40(23,32)33)26(30)39-8-2)16-10-12-18(35-4)20(14-16)37-6/h9-14,21-24H,7-8H2,1-6H3. The SMILES string of the molecule is CCOC(=O)C1C(c2ccc(OC)c(OC)c2)N(N=O)C(c2ccc(OC)c(OC)c2)C(C(=O)OCC)S1(=O)=O. The summed E-state index contributed by atoms with van der Waals surface area (Å²) >= 11 is 0. The fraction of sp³-hybridized carbons (Fsp3) is 0.462. The van der Waals surface area contributed by atoms with E-state index in [-0.39, 0.29) is 35.8 Å². The average molecular weight is 581 g/mol. The normalized spacial score (nSPS) is 21.6. The Balaban J connectivity index is 2.39. The number of carbonyl (C=O) groups is 2. The fourth-order valence-corrected chi connectivity index (χ4v) is 7.04. The molecule has 0 spiro atoms. The van der Waals surface area contributed by atoms with E-state index in [2.05, 4.69) is 5.29 Å². The molecule has 0 bridgehead atoms. The summed E-state index contributed by atoms with van der Waals surface area (Å²) in [6.45, 7) is 2.70. The molecular formula is C26H32N2O11S.